The lowest BCUT2D eigenvalue weighted by molar-refractivity contribution is 0.102. The fourth-order valence-electron chi connectivity index (χ4n) is 3.05. The second kappa shape index (κ2) is 7.85. The predicted molar refractivity (Wildman–Crippen MR) is 103 cm³/mol. The monoisotopic (exact) mass is 358 g/mol. The normalized spacial score (nSPS) is 15.8. The largest absolute Gasteiger partial charge is 0.357 e. The Hall–Kier alpha value is -2.11. The first kappa shape index (κ1) is 17.7. The maximum absolute atomic E-state index is 12.4. The van der Waals surface area contributed by atoms with Gasteiger partial charge in [-0.05, 0) is 57.2 Å². The van der Waals surface area contributed by atoms with Gasteiger partial charge in [-0.25, -0.2) is 4.98 Å². The Balaban J connectivity index is 1.75. The number of halogens is 1. The van der Waals surface area contributed by atoms with Gasteiger partial charge >= 0.3 is 0 Å². The van der Waals surface area contributed by atoms with Gasteiger partial charge in [0.1, 0.15) is 5.82 Å². The summed E-state index contributed by atoms with van der Waals surface area (Å²) in [4.78, 5) is 21.5. The van der Waals surface area contributed by atoms with E-state index in [9.17, 15) is 4.79 Å². The summed E-state index contributed by atoms with van der Waals surface area (Å²) in [6.07, 6.45) is 2.20. The average Bonchev–Trinajstić information content (AvgIpc) is 2.64. The molecule has 1 aromatic heterocycles. The third-order valence-corrected chi connectivity index (χ3v) is 5.00. The van der Waals surface area contributed by atoms with Crippen LogP contribution < -0.4 is 10.2 Å². The molecule has 1 aliphatic rings. The second-order valence-electron chi connectivity index (χ2n) is 6.47. The molecule has 0 bridgehead atoms. The van der Waals surface area contributed by atoms with Gasteiger partial charge in [0.25, 0.3) is 5.91 Å². The van der Waals surface area contributed by atoms with Crippen molar-refractivity contribution in [2.75, 3.05) is 37.4 Å². The van der Waals surface area contributed by atoms with E-state index < -0.39 is 0 Å². The number of piperidine rings is 1. The van der Waals surface area contributed by atoms with Crippen LogP contribution in [-0.4, -0.2) is 49.0 Å². The van der Waals surface area contributed by atoms with E-state index in [-0.39, 0.29) is 5.91 Å². The molecule has 1 aromatic carbocycles. The predicted octanol–water partition coefficient (Wildman–Crippen LogP) is 3.52. The van der Waals surface area contributed by atoms with Gasteiger partial charge < -0.3 is 15.1 Å². The number of amides is 1. The Morgan fingerprint density at radius 3 is 2.56 bits per heavy atom. The third-order valence-electron chi connectivity index (χ3n) is 4.70. The van der Waals surface area contributed by atoms with Gasteiger partial charge in [0.15, 0.2) is 5.82 Å². The molecule has 2 aromatic rings. The number of likely N-dealkylation sites (tertiary alicyclic amines) is 1. The van der Waals surface area contributed by atoms with Crippen molar-refractivity contribution in [3.05, 3.63) is 53.1 Å². The van der Waals surface area contributed by atoms with Crippen molar-refractivity contribution >= 4 is 29.1 Å². The fourth-order valence-corrected chi connectivity index (χ4v) is 3.21. The summed E-state index contributed by atoms with van der Waals surface area (Å²) >= 11 is 6.23. The van der Waals surface area contributed by atoms with Crippen molar-refractivity contribution < 1.29 is 4.79 Å². The zero-order valence-electron chi connectivity index (χ0n) is 14.6. The topological polar surface area (TPSA) is 48.5 Å². The highest BCUT2D eigenvalue weighted by Crippen LogP contribution is 2.26. The van der Waals surface area contributed by atoms with Gasteiger partial charge in [-0.15, -0.1) is 0 Å². The maximum Gasteiger partial charge on any atom is 0.256 e. The van der Waals surface area contributed by atoms with E-state index in [0.29, 0.717) is 22.4 Å². The van der Waals surface area contributed by atoms with Crippen LogP contribution in [0.1, 0.15) is 23.2 Å². The van der Waals surface area contributed by atoms with Gasteiger partial charge in [0.2, 0.25) is 0 Å². The fraction of sp³-hybridized carbons (Fsp3) is 0.368. The number of nitrogens with one attached hydrogen (secondary N) is 1. The molecule has 1 amide bonds. The molecule has 1 N–H and O–H groups in total. The van der Waals surface area contributed by atoms with E-state index in [1.54, 1.807) is 18.2 Å². The third kappa shape index (κ3) is 4.30. The summed E-state index contributed by atoms with van der Waals surface area (Å²) < 4.78 is 0. The average molecular weight is 359 g/mol. The summed E-state index contributed by atoms with van der Waals surface area (Å²) in [5, 5.41) is 3.25. The molecule has 132 valence electrons. The highest BCUT2D eigenvalue weighted by molar-refractivity contribution is 6.33. The zero-order valence-corrected chi connectivity index (χ0v) is 15.3. The zero-order chi connectivity index (χ0) is 17.8. The van der Waals surface area contributed by atoms with Crippen LogP contribution in [0.15, 0.2) is 42.5 Å². The van der Waals surface area contributed by atoms with Crippen molar-refractivity contribution in [2.24, 2.45) is 0 Å². The molecule has 0 unspecified atom stereocenters. The number of hydrogen-bond donors (Lipinski definition) is 1. The Morgan fingerprint density at radius 2 is 1.88 bits per heavy atom. The summed E-state index contributed by atoms with van der Waals surface area (Å²) in [5.74, 6) is 1.00. The van der Waals surface area contributed by atoms with E-state index in [2.05, 4.69) is 34.2 Å². The Bertz CT molecular complexity index is 729. The highest BCUT2D eigenvalue weighted by atomic mass is 35.5. The van der Waals surface area contributed by atoms with Crippen molar-refractivity contribution in [3.8, 4) is 0 Å². The highest BCUT2D eigenvalue weighted by Gasteiger charge is 2.22. The van der Waals surface area contributed by atoms with E-state index in [4.69, 9.17) is 11.6 Å². The first-order valence-corrected chi connectivity index (χ1v) is 8.86. The first-order valence-electron chi connectivity index (χ1n) is 8.49. The van der Waals surface area contributed by atoms with Crippen LogP contribution in [0.3, 0.4) is 0 Å². The number of benzene rings is 1. The first-order chi connectivity index (χ1) is 12.0. The number of aromatic nitrogens is 1. The molecule has 0 saturated carbocycles. The standard InChI is InChI=1S/C19H23ClN4O/c1-23-12-10-15(11-13-23)24(2)17-9-8-16(20)18(21-17)22-19(25)14-6-4-3-5-7-14/h3-9,15H,10-13H2,1-2H3,(H,21,22,25). The number of nitrogens with zero attached hydrogens (tertiary/aromatic N) is 3. The number of pyridine rings is 1. The summed E-state index contributed by atoms with van der Waals surface area (Å²) in [7, 11) is 4.20. The van der Waals surface area contributed by atoms with Crippen LogP contribution in [0, 0.1) is 0 Å². The Labute approximate surface area is 153 Å². The van der Waals surface area contributed by atoms with Crippen LogP contribution in [0.4, 0.5) is 11.6 Å². The molecule has 5 nitrogen and oxygen atoms in total. The van der Waals surface area contributed by atoms with Crippen LogP contribution in [0.5, 0.6) is 0 Å². The van der Waals surface area contributed by atoms with Crippen LogP contribution in [0.25, 0.3) is 0 Å². The van der Waals surface area contributed by atoms with E-state index in [0.717, 1.165) is 31.7 Å². The van der Waals surface area contributed by atoms with E-state index in [1.807, 2.05) is 24.3 Å². The van der Waals surface area contributed by atoms with Crippen molar-refractivity contribution in [1.82, 2.24) is 9.88 Å². The van der Waals surface area contributed by atoms with E-state index >= 15 is 0 Å². The molecular formula is C19H23ClN4O. The molecule has 0 radical (unpaired) electrons. The number of carbonyl (C=O) groups excluding carboxylic acids is 1. The van der Waals surface area contributed by atoms with Gasteiger partial charge in [0.05, 0.1) is 5.02 Å². The molecule has 1 saturated heterocycles. The second-order valence-corrected chi connectivity index (χ2v) is 6.87. The van der Waals surface area contributed by atoms with Crippen molar-refractivity contribution in [2.45, 2.75) is 18.9 Å². The molecule has 1 aliphatic heterocycles. The number of anilines is 2. The minimum atomic E-state index is -0.214. The SMILES string of the molecule is CN1CCC(N(C)c2ccc(Cl)c(NC(=O)c3ccccc3)n2)CC1. The van der Waals surface area contributed by atoms with Crippen LogP contribution >= 0.6 is 11.6 Å². The van der Waals surface area contributed by atoms with Crippen LogP contribution in [-0.2, 0) is 0 Å². The molecule has 6 heteroatoms. The molecule has 1 fully saturated rings. The lowest BCUT2D eigenvalue weighted by Crippen LogP contribution is -2.42. The minimum Gasteiger partial charge on any atom is -0.357 e. The quantitative estimate of drug-likeness (QED) is 0.908. The summed E-state index contributed by atoms with van der Waals surface area (Å²) in [6.45, 7) is 2.17. The maximum atomic E-state index is 12.4. The van der Waals surface area contributed by atoms with Gasteiger partial charge in [-0.2, -0.15) is 0 Å². The molecule has 2 heterocycles. The molecule has 3 rings (SSSR count). The van der Waals surface area contributed by atoms with Crippen LogP contribution in [0.2, 0.25) is 5.02 Å². The van der Waals surface area contributed by atoms with E-state index in [1.165, 1.54) is 0 Å². The lowest BCUT2D eigenvalue weighted by Gasteiger charge is -2.35. The summed E-state index contributed by atoms with van der Waals surface area (Å²) in [6, 6.07) is 13.2. The molecule has 0 aliphatic carbocycles. The molecule has 0 spiro atoms. The van der Waals surface area contributed by atoms with Gasteiger partial charge in [-0.1, -0.05) is 29.8 Å². The Morgan fingerprint density at radius 1 is 1.20 bits per heavy atom. The van der Waals surface area contributed by atoms with Crippen molar-refractivity contribution in [1.29, 1.82) is 0 Å². The number of carbonyl (C=O) groups is 1. The molecule has 0 atom stereocenters. The lowest BCUT2D eigenvalue weighted by atomic mass is 10.0. The Kier molecular flexibility index (Phi) is 5.56. The molecular weight excluding hydrogens is 336 g/mol. The summed E-state index contributed by atoms with van der Waals surface area (Å²) in [5.41, 5.74) is 0.578. The minimum absolute atomic E-state index is 0.214. The van der Waals surface area contributed by atoms with Gasteiger partial charge in [-0.3, -0.25) is 4.79 Å². The van der Waals surface area contributed by atoms with Crippen molar-refractivity contribution in [3.63, 3.8) is 0 Å². The van der Waals surface area contributed by atoms with Gasteiger partial charge in [0, 0.05) is 18.7 Å². The number of rotatable bonds is 4. The smallest absolute Gasteiger partial charge is 0.256 e. The molecule has 25 heavy (non-hydrogen) atoms. The number of hydrogen-bond acceptors (Lipinski definition) is 4.